The molecule has 0 aliphatic heterocycles. The summed E-state index contributed by atoms with van der Waals surface area (Å²) in [5, 5.41) is 3.68. The van der Waals surface area contributed by atoms with Gasteiger partial charge < -0.3 is 5.32 Å². The van der Waals surface area contributed by atoms with E-state index in [1.54, 1.807) is 0 Å². The van der Waals surface area contributed by atoms with Gasteiger partial charge in [0.05, 0.1) is 5.25 Å². The number of rotatable bonds is 5. The Morgan fingerprint density at radius 2 is 2.00 bits per heavy atom. The second-order valence-electron chi connectivity index (χ2n) is 5.61. The van der Waals surface area contributed by atoms with Crippen LogP contribution >= 0.6 is 11.8 Å². The van der Waals surface area contributed by atoms with Crippen LogP contribution in [0.5, 0.6) is 0 Å². The maximum Gasteiger partial charge on any atom is 0.237 e. The standard InChI is InChI=1S/C18H23N3OS/c1-6-15-9-7-8-11(2)17(15)21-18(22)13(4)23-16-10-12(3)19-14(5)20-16/h7-10,13H,6H2,1-5H3,(H,21,22)/t13-/m1/s1. The van der Waals surface area contributed by atoms with E-state index < -0.39 is 0 Å². The van der Waals surface area contributed by atoms with E-state index in [4.69, 9.17) is 0 Å². The third kappa shape index (κ3) is 4.55. The lowest BCUT2D eigenvalue weighted by molar-refractivity contribution is -0.115. The fourth-order valence-corrected chi connectivity index (χ4v) is 3.36. The number of para-hydroxylation sites is 1. The number of hydrogen-bond acceptors (Lipinski definition) is 4. The number of nitrogens with zero attached hydrogens (tertiary/aromatic N) is 2. The van der Waals surface area contributed by atoms with Gasteiger partial charge in [0, 0.05) is 11.4 Å². The van der Waals surface area contributed by atoms with Gasteiger partial charge >= 0.3 is 0 Å². The molecule has 0 spiro atoms. The van der Waals surface area contributed by atoms with Crippen LogP contribution in [0.2, 0.25) is 0 Å². The average Bonchev–Trinajstić information content (AvgIpc) is 2.48. The molecule has 0 saturated carbocycles. The van der Waals surface area contributed by atoms with Crippen molar-refractivity contribution >= 4 is 23.4 Å². The minimum atomic E-state index is -0.229. The number of carbonyl (C=O) groups excluding carboxylic acids is 1. The molecule has 1 aromatic heterocycles. The van der Waals surface area contributed by atoms with Crippen molar-refractivity contribution in [2.45, 2.75) is 51.3 Å². The van der Waals surface area contributed by atoms with Crippen LogP contribution in [-0.2, 0) is 11.2 Å². The van der Waals surface area contributed by atoms with Crippen LogP contribution in [-0.4, -0.2) is 21.1 Å². The summed E-state index contributed by atoms with van der Waals surface area (Å²) in [6, 6.07) is 8.00. The van der Waals surface area contributed by atoms with Crippen LogP contribution < -0.4 is 5.32 Å². The van der Waals surface area contributed by atoms with Crippen molar-refractivity contribution in [1.82, 2.24) is 9.97 Å². The van der Waals surface area contributed by atoms with Crippen LogP contribution in [0.15, 0.2) is 29.3 Å². The predicted octanol–water partition coefficient (Wildman–Crippen LogP) is 4.08. The molecule has 1 N–H and O–H groups in total. The SMILES string of the molecule is CCc1cccc(C)c1NC(=O)[C@@H](C)Sc1cc(C)nc(C)n1. The third-order valence-electron chi connectivity index (χ3n) is 3.60. The van der Waals surface area contributed by atoms with Crippen LogP contribution in [0.3, 0.4) is 0 Å². The Morgan fingerprint density at radius 1 is 1.26 bits per heavy atom. The van der Waals surface area contributed by atoms with Gasteiger partial charge in [-0.25, -0.2) is 9.97 Å². The quantitative estimate of drug-likeness (QED) is 0.663. The van der Waals surface area contributed by atoms with E-state index in [0.717, 1.165) is 39.8 Å². The Hall–Kier alpha value is -1.88. The van der Waals surface area contributed by atoms with Crippen molar-refractivity contribution in [3.63, 3.8) is 0 Å². The summed E-state index contributed by atoms with van der Waals surface area (Å²) in [5.74, 6) is 0.722. The number of carbonyl (C=O) groups is 1. The summed E-state index contributed by atoms with van der Waals surface area (Å²) in [4.78, 5) is 21.2. The van der Waals surface area contributed by atoms with Gasteiger partial charge in [0.25, 0.3) is 0 Å². The van der Waals surface area contributed by atoms with Crippen molar-refractivity contribution in [1.29, 1.82) is 0 Å². The molecule has 1 amide bonds. The topological polar surface area (TPSA) is 54.9 Å². The number of hydrogen-bond donors (Lipinski definition) is 1. The van der Waals surface area contributed by atoms with E-state index in [0.29, 0.717) is 0 Å². The minimum Gasteiger partial charge on any atom is -0.325 e. The molecule has 2 rings (SSSR count). The zero-order chi connectivity index (χ0) is 17.0. The first-order valence-electron chi connectivity index (χ1n) is 7.79. The Morgan fingerprint density at radius 3 is 2.65 bits per heavy atom. The highest BCUT2D eigenvalue weighted by molar-refractivity contribution is 8.00. The molecule has 0 unspecified atom stereocenters. The van der Waals surface area contributed by atoms with Gasteiger partial charge in [-0.2, -0.15) is 0 Å². The summed E-state index contributed by atoms with van der Waals surface area (Å²) in [7, 11) is 0. The summed E-state index contributed by atoms with van der Waals surface area (Å²) >= 11 is 1.46. The number of anilines is 1. The zero-order valence-corrected chi connectivity index (χ0v) is 15.1. The molecular weight excluding hydrogens is 306 g/mol. The van der Waals surface area contributed by atoms with Crippen LogP contribution in [0.1, 0.15) is 36.5 Å². The highest BCUT2D eigenvalue weighted by Crippen LogP contribution is 2.25. The predicted molar refractivity (Wildman–Crippen MR) is 96.0 cm³/mol. The molecule has 2 aromatic rings. The molecule has 0 bridgehead atoms. The number of aromatic nitrogens is 2. The van der Waals surface area contributed by atoms with E-state index in [9.17, 15) is 4.79 Å². The second-order valence-corrected chi connectivity index (χ2v) is 6.97. The molecule has 0 aliphatic carbocycles. The lowest BCUT2D eigenvalue weighted by Crippen LogP contribution is -2.23. The fraction of sp³-hybridized carbons (Fsp3) is 0.389. The number of nitrogens with one attached hydrogen (secondary N) is 1. The van der Waals surface area contributed by atoms with Gasteiger partial charge in [-0.15, -0.1) is 0 Å². The smallest absolute Gasteiger partial charge is 0.237 e. The van der Waals surface area contributed by atoms with E-state index >= 15 is 0 Å². The van der Waals surface area contributed by atoms with Gasteiger partial charge in [-0.3, -0.25) is 4.79 Å². The summed E-state index contributed by atoms with van der Waals surface area (Å²) in [6.45, 7) is 9.81. The van der Waals surface area contributed by atoms with Crippen LogP contribution in [0.4, 0.5) is 5.69 Å². The molecule has 5 heteroatoms. The first-order valence-corrected chi connectivity index (χ1v) is 8.67. The van der Waals surface area contributed by atoms with Gasteiger partial charge in [0.1, 0.15) is 10.9 Å². The van der Waals surface area contributed by atoms with E-state index in [1.807, 2.05) is 45.9 Å². The Labute approximate surface area is 142 Å². The molecule has 0 aliphatic rings. The minimum absolute atomic E-state index is 0.00656. The van der Waals surface area contributed by atoms with Crippen molar-refractivity contribution in [3.05, 3.63) is 46.9 Å². The van der Waals surface area contributed by atoms with E-state index in [-0.39, 0.29) is 11.2 Å². The van der Waals surface area contributed by atoms with Crippen molar-refractivity contribution in [2.75, 3.05) is 5.32 Å². The fourth-order valence-electron chi connectivity index (χ4n) is 2.40. The third-order valence-corrected chi connectivity index (χ3v) is 4.62. The lowest BCUT2D eigenvalue weighted by Gasteiger charge is -2.16. The molecule has 1 heterocycles. The molecule has 122 valence electrons. The van der Waals surface area contributed by atoms with Crippen molar-refractivity contribution in [3.8, 4) is 0 Å². The van der Waals surface area contributed by atoms with Gasteiger partial charge in [-0.1, -0.05) is 36.9 Å². The highest BCUT2D eigenvalue weighted by Gasteiger charge is 2.17. The number of thioether (sulfide) groups is 1. The molecule has 0 radical (unpaired) electrons. The number of benzene rings is 1. The molecule has 1 aromatic carbocycles. The lowest BCUT2D eigenvalue weighted by atomic mass is 10.1. The highest BCUT2D eigenvalue weighted by atomic mass is 32.2. The molecule has 0 saturated heterocycles. The Balaban J connectivity index is 2.11. The van der Waals surface area contributed by atoms with Gasteiger partial charge in [0.2, 0.25) is 5.91 Å². The molecule has 1 atom stereocenters. The maximum atomic E-state index is 12.5. The maximum absolute atomic E-state index is 12.5. The first-order chi connectivity index (χ1) is 10.9. The largest absolute Gasteiger partial charge is 0.325 e. The Kier molecular flexibility index (Phi) is 5.77. The number of amides is 1. The van der Waals surface area contributed by atoms with Crippen LogP contribution in [0, 0.1) is 20.8 Å². The summed E-state index contributed by atoms with van der Waals surface area (Å²) in [5.41, 5.74) is 4.09. The monoisotopic (exact) mass is 329 g/mol. The van der Waals surface area contributed by atoms with E-state index in [2.05, 4.69) is 28.3 Å². The first kappa shape index (κ1) is 17.5. The molecule has 23 heavy (non-hydrogen) atoms. The summed E-state index contributed by atoms with van der Waals surface area (Å²) in [6.07, 6.45) is 0.892. The second kappa shape index (κ2) is 7.59. The summed E-state index contributed by atoms with van der Waals surface area (Å²) < 4.78 is 0. The van der Waals surface area contributed by atoms with Crippen molar-refractivity contribution in [2.24, 2.45) is 0 Å². The molecular formula is C18H23N3OS. The van der Waals surface area contributed by atoms with Gasteiger partial charge in [0.15, 0.2) is 0 Å². The van der Waals surface area contributed by atoms with Crippen molar-refractivity contribution < 1.29 is 4.79 Å². The normalized spacial score (nSPS) is 12.0. The number of aryl methyl sites for hydroxylation is 4. The Bertz CT molecular complexity index is 695. The molecule has 0 fully saturated rings. The molecule has 4 nitrogen and oxygen atoms in total. The van der Waals surface area contributed by atoms with Crippen LogP contribution in [0.25, 0.3) is 0 Å². The average molecular weight is 329 g/mol. The zero-order valence-electron chi connectivity index (χ0n) is 14.3. The van der Waals surface area contributed by atoms with Gasteiger partial charge in [-0.05, 0) is 51.3 Å². The van der Waals surface area contributed by atoms with E-state index in [1.165, 1.54) is 11.8 Å².